The Morgan fingerprint density at radius 2 is 2.00 bits per heavy atom. The van der Waals surface area contributed by atoms with Gasteiger partial charge in [-0.05, 0) is 31.5 Å². The highest BCUT2D eigenvalue weighted by atomic mass is 16.5. The molecule has 80 valence electrons. The fourth-order valence-electron chi connectivity index (χ4n) is 1.21. The molecule has 0 spiro atoms. The summed E-state index contributed by atoms with van der Waals surface area (Å²) < 4.78 is 5.50. The van der Waals surface area contributed by atoms with Crippen molar-refractivity contribution >= 4 is 0 Å². The minimum Gasteiger partial charge on any atom is -0.493 e. The first-order valence-electron chi connectivity index (χ1n) is 5.12. The second-order valence-corrected chi connectivity index (χ2v) is 3.38. The van der Waals surface area contributed by atoms with Crippen molar-refractivity contribution in [1.82, 2.24) is 0 Å². The lowest BCUT2D eigenvalue weighted by atomic mass is 10.1. The van der Waals surface area contributed by atoms with Gasteiger partial charge in [0.1, 0.15) is 5.75 Å². The fourth-order valence-corrected chi connectivity index (χ4v) is 1.21. The molecule has 2 nitrogen and oxygen atoms in total. The van der Waals surface area contributed by atoms with E-state index in [0.29, 0.717) is 6.61 Å². The maximum absolute atomic E-state index is 5.74. The van der Waals surface area contributed by atoms with Crippen LogP contribution in [0, 0.1) is 11.8 Å². The van der Waals surface area contributed by atoms with Gasteiger partial charge in [-0.25, -0.2) is 0 Å². The zero-order valence-corrected chi connectivity index (χ0v) is 9.29. The molecule has 1 atom stereocenters. The van der Waals surface area contributed by atoms with Gasteiger partial charge in [0.15, 0.2) is 0 Å². The van der Waals surface area contributed by atoms with Crippen LogP contribution in [-0.4, -0.2) is 6.61 Å². The Bertz CT molecular complexity index is 343. The van der Waals surface area contributed by atoms with E-state index in [1.807, 2.05) is 38.1 Å². The zero-order valence-electron chi connectivity index (χ0n) is 9.29. The maximum Gasteiger partial charge on any atom is 0.119 e. The van der Waals surface area contributed by atoms with Gasteiger partial charge < -0.3 is 10.5 Å². The van der Waals surface area contributed by atoms with Gasteiger partial charge in [-0.3, -0.25) is 0 Å². The highest BCUT2D eigenvalue weighted by Crippen LogP contribution is 2.15. The number of nitrogens with two attached hydrogens (primary N) is 1. The lowest BCUT2D eigenvalue weighted by Crippen LogP contribution is -2.04. The van der Waals surface area contributed by atoms with Crippen LogP contribution in [0.15, 0.2) is 24.3 Å². The zero-order chi connectivity index (χ0) is 11.1. The summed E-state index contributed by atoms with van der Waals surface area (Å²) in [7, 11) is 0. The van der Waals surface area contributed by atoms with Crippen LogP contribution in [0.4, 0.5) is 0 Å². The molecule has 0 fully saturated rings. The molecule has 0 saturated heterocycles. The molecule has 1 aromatic rings. The van der Waals surface area contributed by atoms with Crippen LogP contribution in [0.3, 0.4) is 0 Å². The van der Waals surface area contributed by atoms with Gasteiger partial charge in [-0.1, -0.05) is 12.1 Å². The van der Waals surface area contributed by atoms with Gasteiger partial charge in [0.25, 0.3) is 0 Å². The second-order valence-electron chi connectivity index (χ2n) is 3.38. The average Bonchev–Trinajstić information content (AvgIpc) is 2.25. The summed E-state index contributed by atoms with van der Waals surface area (Å²) in [5.41, 5.74) is 6.87. The minimum atomic E-state index is 0.0741. The normalized spacial score (nSPS) is 11.4. The van der Waals surface area contributed by atoms with E-state index in [2.05, 4.69) is 11.8 Å². The molecular formula is C13H17NO. The molecule has 0 bridgehead atoms. The van der Waals surface area contributed by atoms with Crippen molar-refractivity contribution in [2.24, 2.45) is 5.73 Å². The Morgan fingerprint density at radius 1 is 1.33 bits per heavy atom. The van der Waals surface area contributed by atoms with E-state index in [4.69, 9.17) is 10.5 Å². The van der Waals surface area contributed by atoms with Gasteiger partial charge >= 0.3 is 0 Å². The first-order valence-corrected chi connectivity index (χ1v) is 5.12. The van der Waals surface area contributed by atoms with Gasteiger partial charge in [0, 0.05) is 12.5 Å². The summed E-state index contributed by atoms with van der Waals surface area (Å²) in [4.78, 5) is 0. The van der Waals surface area contributed by atoms with Crippen molar-refractivity contribution < 1.29 is 4.74 Å². The molecule has 1 rings (SSSR count). The van der Waals surface area contributed by atoms with Crippen molar-refractivity contribution in [3.8, 4) is 17.6 Å². The summed E-state index contributed by atoms with van der Waals surface area (Å²) in [6.07, 6.45) is 0.769. The van der Waals surface area contributed by atoms with Gasteiger partial charge in [0.2, 0.25) is 0 Å². The smallest absolute Gasteiger partial charge is 0.119 e. The molecule has 0 saturated carbocycles. The van der Waals surface area contributed by atoms with Crippen molar-refractivity contribution in [2.45, 2.75) is 26.3 Å². The first kappa shape index (κ1) is 11.6. The van der Waals surface area contributed by atoms with E-state index in [1.54, 1.807) is 0 Å². The molecular weight excluding hydrogens is 186 g/mol. The molecule has 0 aromatic heterocycles. The largest absolute Gasteiger partial charge is 0.493 e. The highest BCUT2D eigenvalue weighted by Gasteiger charge is 1.98. The number of hydrogen-bond donors (Lipinski definition) is 1. The molecule has 15 heavy (non-hydrogen) atoms. The highest BCUT2D eigenvalue weighted by molar-refractivity contribution is 5.28. The Kier molecular flexibility index (Phi) is 4.73. The Morgan fingerprint density at radius 3 is 2.53 bits per heavy atom. The topological polar surface area (TPSA) is 35.2 Å². The monoisotopic (exact) mass is 203 g/mol. The molecule has 0 heterocycles. The van der Waals surface area contributed by atoms with Crippen LogP contribution in [0.5, 0.6) is 5.75 Å². The molecule has 2 N–H and O–H groups in total. The van der Waals surface area contributed by atoms with Crippen LogP contribution in [0.2, 0.25) is 0 Å². The van der Waals surface area contributed by atoms with E-state index >= 15 is 0 Å². The van der Waals surface area contributed by atoms with Crippen molar-refractivity contribution in [2.75, 3.05) is 6.61 Å². The average molecular weight is 203 g/mol. The minimum absolute atomic E-state index is 0.0741. The number of rotatable bonds is 4. The third-order valence-corrected chi connectivity index (χ3v) is 2.08. The standard InChI is InChI=1S/C13H17NO/c1-3-4-5-10-15-13-8-6-12(7-9-13)11(2)14/h6-9,11H,5,10,14H2,1-2H3/t11-/m0/s1. The van der Waals surface area contributed by atoms with E-state index in [1.165, 1.54) is 0 Å². The predicted octanol–water partition coefficient (Wildman–Crippen LogP) is 2.50. The van der Waals surface area contributed by atoms with Crippen LogP contribution >= 0.6 is 0 Å². The molecule has 1 aromatic carbocycles. The van der Waals surface area contributed by atoms with E-state index in [0.717, 1.165) is 17.7 Å². The van der Waals surface area contributed by atoms with Gasteiger partial charge in [0.05, 0.1) is 6.61 Å². The SMILES string of the molecule is CC#CCCOc1ccc([C@H](C)N)cc1. The van der Waals surface area contributed by atoms with Gasteiger partial charge in [-0.2, -0.15) is 0 Å². The summed E-state index contributed by atoms with van der Waals surface area (Å²) in [5.74, 6) is 6.66. The van der Waals surface area contributed by atoms with E-state index in [9.17, 15) is 0 Å². The summed E-state index contributed by atoms with van der Waals surface area (Å²) >= 11 is 0. The molecule has 2 heteroatoms. The molecule has 0 aliphatic carbocycles. The van der Waals surface area contributed by atoms with Gasteiger partial charge in [-0.15, -0.1) is 11.8 Å². The van der Waals surface area contributed by atoms with Crippen LogP contribution in [0.25, 0.3) is 0 Å². The summed E-state index contributed by atoms with van der Waals surface area (Å²) in [6, 6.07) is 7.94. The number of benzene rings is 1. The Hall–Kier alpha value is -1.46. The fraction of sp³-hybridized carbons (Fsp3) is 0.385. The van der Waals surface area contributed by atoms with Crippen LogP contribution in [-0.2, 0) is 0 Å². The van der Waals surface area contributed by atoms with E-state index in [-0.39, 0.29) is 6.04 Å². The summed E-state index contributed by atoms with van der Waals surface area (Å²) in [6.45, 7) is 4.43. The van der Waals surface area contributed by atoms with Crippen molar-refractivity contribution in [3.05, 3.63) is 29.8 Å². The molecule has 0 aliphatic rings. The van der Waals surface area contributed by atoms with Crippen LogP contribution in [0.1, 0.15) is 31.9 Å². The number of hydrogen-bond acceptors (Lipinski definition) is 2. The Labute approximate surface area is 91.4 Å². The molecule has 0 amide bonds. The lowest BCUT2D eigenvalue weighted by molar-refractivity contribution is 0.327. The predicted molar refractivity (Wildman–Crippen MR) is 62.6 cm³/mol. The van der Waals surface area contributed by atoms with E-state index < -0.39 is 0 Å². The lowest BCUT2D eigenvalue weighted by Gasteiger charge is -2.07. The third kappa shape index (κ3) is 4.05. The molecule has 0 radical (unpaired) electrons. The Balaban J connectivity index is 2.45. The van der Waals surface area contributed by atoms with Crippen molar-refractivity contribution in [1.29, 1.82) is 0 Å². The van der Waals surface area contributed by atoms with Crippen molar-refractivity contribution in [3.63, 3.8) is 0 Å². The summed E-state index contributed by atoms with van der Waals surface area (Å²) in [5, 5.41) is 0. The van der Waals surface area contributed by atoms with Crippen LogP contribution < -0.4 is 10.5 Å². The first-order chi connectivity index (χ1) is 7.24. The third-order valence-electron chi connectivity index (χ3n) is 2.08. The maximum atomic E-state index is 5.74. The number of ether oxygens (including phenoxy) is 1. The molecule has 0 unspecified atom stereocenters. The second kappa shape index (κ2) is 6.10. The molecule has 0 aliphatic heterocycles. The quantitative estimate of drug-likeness (QED) is 0.602.